The maximum absolute atomic E-state index is 6.80. The number of hydrogen-bond donors (Lipinski definition) is 1. The quantitative estimate of drug-likeness (QED) is 0.181. The van der Waals surface area contributed by atoms with Gasteiger partial charge >= 0.3 is 0 Å². The zero-order chi connectivity index (χ0) is 36.3. The highest BCUT2D eigenvalue weighted by Crippen LogP contribution is 2.41. The van der Waals surface area contributed by atoms with Crippen molar-refractivity contribution in [3.63, 3.8) is 0 Å². The predicted octanol–water partition coefficient (Wildman–Crippen LogP) is 12.9. The minimum atomic E-state index is -0.315. The van der Waals surface area contributed by atoms with Gasteiger partial charge in [0.25, 0.3) is 0 Å². The van der Waals surface area contributed by atoms with Gasteiger partial charge in [-0.25, -0.2) is 9.98 Å². The lowest BCUT2D eigenvalue weighted by Crippen LogP contribution is -2.33. The van der Waals surface area contributed by atoms with Gasteiger partial charge in [-0.15, -0.1) is 0 Å². The molecule has 1 atom stereocenters. The molecule has 0 saturated carbocycles. The van der Waals surface area contributed by atoms with Crippen LogP contribution in [0.15, 0.2) is 202 Å². The number of benzene rings is 9. The van der Waals surface area contributed by atoms with E-state index >= 15 is 0 Å². The van der Waals surface area contributed by atoms with Crippen molar-refractivity contribution < 1.29 is 4.42 Å². The van der Waals surface area contributed by atoms with Crippen molar-refractivity contribution in [2.45, 2.75) is 6.17 Å². The van der Waals surface area contributed by atoms with Crippen LogP contribution < -0.4 is 5.32 Å². The lowest BCUT2D eigenvalue weighted by Gasteiger charge is -2.24. The molecule has 0 aliphatic carbocycles. The second kappa shape index (κ2) is 12.7. The van der Waals surface area contributed by atoms with Crippen LogP contribution in [0.3, 0.4) is 0 Å². The number of nitrogens with one attached hydrogen (secondary N) is 1. The van der Waals surface area contributed by atoms with Crippen LogP contribution in [0.25, 0.3) is 76.5 Å². The highest BCUT2D eigenvalue weighted by atomic mass is 16.3. The third-order valence-electron chi connectivity index (χ3n) is 10.9. The number of nitrogens with zero attached hydrogens (tertiary/aromatic N) is 2. The largest absolute Gasteiger partial charge is 0.455 e. The Kier molecular flexibility index (Phi) is 7.20. The van der Waals surface area contributed by atoms with E-state index < -0.39 is 0 Å². The SMILES string of the molecule is c1ccc(-c2ccc(C3=NC(c4ccccc4)NC(c4cccc5oc6c(-c7ccc8c9ccccc9c9ccccc9c8c7)cccc6c45)=N3)cc2)cc1. The summed E-state index contributed by atoms with van der Waals surface area (Å²) in [5.41, 5.74) is 9.17. The van der Waals surface area contributed by atoms with E-state index in [0.717, 1.165) is 61.2 Å². The van der Waals surface area contributed by atoms with Crippen molar-refractivity contribution in [3.8, 4) is 22.3 Å². The van der Waals surface area contributed by atoms with Gasteiger partial charge in [-0.2, -0.15) is 0 Å². The Balaban J connectivity index is 1.06. The first kappa shape index (κ1) is 31.2. The van der Waals surface area contributed by atoms with E-state index in [1.807, 2.05) is 12.1 Å². The first-order valence-electron chi connectivity index (χ1n) is 18.7. The van der Waals surface area contributed by atoms with E-state index in [9.17, 15) is 0 Å². The molecule has 0 bridgehead atoms. The molecule has 1 unspecified atom stereocenters. The van der Waals surface area contributed by atoms with E-state index in [0.29, 0.717) is 5.84 Å². The molecule has 1 aromatic heterocycles. The van der Waals surface area contributed by atoms with Crippen molar-refractivity contribution in [1.82, 2.24) is 5.32 Å². The van der Waals surface area contributed by atoms with Crippen molar-refractivity contribution >= 4 is 65.9 Å². The normalized spacial score (nSPS) is 14.4. The summed E-state index contributed by atoms with van der Waals surface area (Å²) in [7, 11) is 0. The molecular weight excluding hydrogens is 671 g/mol. The van der Waals surface area contributed by atoms with Gasteiger partial charge in [0, 0.05) is 27.5 Å². The standard InChI is InChI=1S/C51H33N3O/c1-3-13-32(14-4-1)33-25-27-35(28-26-33)50-52-49(34-15-5-2-6-16-34)53-51(54-50)44-23-12-24-46-47(44)43-22-11-21-37(48(43)55-46)36-29-30-42-40-19-8-7-17-38(40)39-18-9-10-20-41(39)45(42)31-36/h1-31,49H,(H,52,53,54). The molecule has 9 aromatic carbocycles. The van der Waals surface area contributed by atoms with Crippen LogP contribution in [0.1, 0.15) is 22.9 Å². The Labute approximate surface area is 317 Å². The molecule has 0 fully saturated rings. The Morgan fingerprint density at radius 3 is 1.69 bits per heavy atom. The fourth-order valence-electron chi connectivity index (χ4n) is 8.31. The molecule has 2 heterocycles. The monoisotopic (exact) mass is 703 g/mol. The number of rotatable bonds is 5. The van der Waals surface area contributed by atoms with Gasteiger partial charge in [0.1, 0.15) is 23.2 Å². The second-order valence-corrected chi connectivity index (χ2v) is 14.1. The molecule has 10 aromatic rings. The number of fused-ring (bicyclic) bond motifs is 9. The molecule has 0 spiro atoms. The number of furan rings is 1. The van der Waals surface area contributed by atoms with Crippen LogP contribution in [0.5, 0.6) is 0 Å². The fraction of sp³-hybridized carbons (Fsp3) is 0.0196. The van der Waals surface area contributed by atoms with E-state index in [-0.39, 0.29) is 6.17 Å². The highest BCUT2D eigenvalue weighted by molar-refractivity contribution is 6.26. The number of aliphatic imine (C=N–C) groups is 2. The summed E-state index contributed by atoms with van der Waals surface area (Å²) in [6.45, 7) is 0. The molecule has 1 N–H and O–H groups in total. The lowest BCUT2D eigenvalue weighted by molar-refractivity contribution is 0.668. The van der Waals surface area contributed by atoms with Crippen LogP contribution in [0.2, 0.25) is 0 Å². The van der Waals surface area contributed by atoms with Crippen LogP contribution in [-0.2, 0) is 0 Å². The topological polar surface area (TPSA) is 49.9 Å². The Morgan fingerprint density at radius 1 is 0.418 bits per heavy atom. The third kappa shape index (κ3) is 5.22. The predicted molar refractivity (Wildman–Crippen MR) is 229 cm³/mol. The summed E-state index contributed by atoms with van der Waals surface area (Å²) in [6.07, 6.45) is -0.315. The lowest BCUT2D eigenvalue weighted by atomic mass is 9.91. The maximum Gasteiger partial charge on any atom is 0.159 e. The van der Waals surface area contributed by atoms with Crippen molar-refractivity contribution in [1.29, 1.82) is 0 Å². The summed E-state index contributed by atoms with van der Waals surface area (Å²) in [6, 6.07) is 66.2. The van der Waals surface area contributed by atoms with Crippen molar-refractivity contribution in [2.75, 3.05) is 0 Å². The summed E-state index contributed by atoms with van der Waals surface area (Å²) < 4.78 is 6.80. The minimum absolute atomic E-state index is 0.315. The molecule has 0 saturated heterocycles. The second-order valence-electron chi connectivity index (χ2n) is 14.1. The molecule has 11 rings (SSSR count). The van der Waals surface area contributed by atoms with Crippen molar-refractivity contribution in [3.05, 3.63) is 205 Å². The first-order chi connectivity index (χ1) is 27.3. The van der Waals surface area contributed by atoms with Gasteiger partial charge in [0.2, 0.25) is 0 Å². The van der Waals surface area contributed by atoms with E-state index in [2.05, 4.69) is 181 Å². The number of amidine groups is 2. The highest BCUT2D eigenvalue weighted by Gasteiger charge is 2.24. The third-order valence-corrected chi connectivity index (χ3v) is 10.9. The van der Waals surface area contributed by atoms with Crippen LogP contribution >= 0.6 is 0 Å². The van der Waals surface area contributed by atoms with Gasteiger partial charge < -0.3 is 9.73 Å². The summed E-state index contributed by atoms with van der Waals surface area (Å²) >= 11 is 0. The maximum atomic E-state index is 6.80. The zero-order valence-corrected chi connectivity index (χ0v) is 29.8. The number of para-hydroxylation sites is 1. The zero-order valence-electron chi connectivity index (χ0n) is 29.8. The Bertz CT molecular complexity index is 3120. The van der Waals surface area contributed by atoms with Crippen LogP contribution in [0.4, 0.5) is 0 Å². The molecule has 258 valence electrons. The fourth-order valence-corrected chi connectivity index (χ4v) is 8.31. The smallest absolute Gasteiger partial charge is 0.159 e. The molecular formula is C51H33N3O. The Morgan fingerprint density at radius 2 is 0.964 bits per heavy atom. The molecule has 1 aliphatic heterocycles. The average Bonchev–Trinajstić information content (AvgIpc) is 3.66. The van der Waals surface area contributed by atoms with E-state index in [1.54, 1.807) is 0 Å². The van der Waals surface area contributed by atoms with E-state index in [1.165, 1.54) is 37.9 Å². The molecule has 4 nitrogen and oxygen atoms in total. The first-order valence-corrected chi connectivity index (χ1v) is 18.7. The average molecular weight is 704 g/mol. The van der Waals surface area contributed by atoms with Gasteiger partial charge in [-0.05, 0) is 66.7 Å². The van der Waals surface area contributed by atoms with Gasteiger partial charge in [-0.3, -0.25) is 0 Å². The Hall–Kier alpha value is -7.30. The molecule has 0 amide bonds. The molecule has 55 heavy (non-hydrogen) atoms. The molecule has 4 heteroatoms. The summed E-state index contributed by atoms with van der Waals surface area (Å²) in [4.78, 5) is 10.4. The van der Waals surface area contributed by atoms with E-state index in [4.69, 9.17) is 14.4 Å². The summed E-state index contributed by atoms with van der Waals surface area (Å²) in [5.74, 6) is 1.44. The molecule has 1 aliphatic rings. The van der Waals surface area contributed by atoms with Crippen LogP contribution in [-0.4, -0.2) is 11.7 Å². The van der Waals surface area contributed by atoms with Gasteiger partial charge in [-0.1, -0.05) is 176 Å². The minimum Gasteiger partial charge on any atom is -0.455 e. The van der Waals surface area contributed by atoms with Crippen molar-refractivity contribution in [2.24, 2.45) is 9.98 Å². The number of hydrogen-bond acceptors (Lipinski definition) is 4. The van der Waals surface area contributed by atoms with Gasteiger partial charge in [0.05, 0.1) is 0 Å². The summed E-state index contributed by atoms with van der Waals surface area (Å²) in [5, 5.41) is 13.3. The van der Waals surface area contributed by atoms with Gasteiger partial charge in [0.15, 0.2) is 5.84 Å². The van der Waals surface area contributed by atoms with Crippen LogP contribution in [0, 0.1) is 0 Å². The molecule has 0 radical (unpaired) electrons.